The van der Waals surface area contributed by atoms with Crippen LogP contribution in [0.5, 0.6) is 0 Å². The van der Waals surface area contributed by atoms with Crippen LogP contribution in [0.4, 0.5) is 10.1 Å². The molecule has 1 aromatic heterocycles. The quantitative estimate of drug-likeness (QED) is 0.0488. The van der Waals surface area contributed by atoms with Crippen LogP contribution in [-0.2, 0) is 0 Å². The van der Waals surface area contributed by atoms with E-state index in [1.807, 2.05) is 13.8 Å². The Morgan fingerprint density at radius 3 is 2.46 bits per heavy atom. The van der Waals surface area contributed by atoms with E-state index in [4.69, 9.17) is 26.7 Å². The van der Waals surface area contributed by atoms with Crippen molar-refractivity contribution < 1.29 is 8.81 Å². The van der Waals surface area contributed by atoms with Gasteiger partial charge in [0, 0.05) is 28.7 Å². The van der Waals surface area contributed by atoms with Crippen molar-refractivity contribution in [1.82, 2.24) is 10.6 Å². The molecular weight excluding hydrogens is 519 g/mol. The highest BCUT2D eigenvalue weighted by atomic mass is 19.1. The molecule has 0 amide bonds. The minimum Gasteiger partial charge on any atom is -0.458 e. The molecule has 9 heteroatoms. The summed E-state index contributed by atoms with van der Waals surface area (Å²) in [6, 6.07) is 17.6. The Hall–Kier alpha value is -5.02. The molecule has 0 aliphatic heterocycles. The molecule has 4 aromatic rings. The van der Waals surface area contributed by atoms with Gasteiger partial charge in [0.25, 0.3) is 0 Å². The summed E-state index contributed by atoms with van der Waals surface area (Å²) in [5, 5.41) is 22.9. The van der Waals surface area contributed by atoms with Crippen molar-refractivity contribution in [2.24, 2.45) is 5.73 Å². The van der Waals surface area contributed by atoms with E-state index in [1.54, 1.807) is 67.7 Å². The smallest absolute Gasteiger partial charge is 0.200 e. The Labute approximate surface area is 237 Å². The average Bonchev–Trinajstić information content (AvgIpc) is 2.92. The number of hydrogen-bond donors (Lipinski definition) is 6. The number of anilines is 1. The van der Waals surface area contributed by atoms with E-state index in [1.165, 1.54) is 12.1 Å². The van der Waals surface area contributed by atoms with Gasteiger partial charge in [-0.1, -0.05) is 43.0 Å². The Bertz CT molecular complexity index is 1760. The van der Waals surface area contributed by atoms with Crippen LogP contribution >= 0.6 is 0 Å². The maximum absolute atomic E-state index is 14.1. The summed E-state index contributed by atoms with van der Waals surface area (Å²) in [6.07, 6.45) is 1.21. The van der Waals surface area contributed by atoms with Crippen LogP contribution in [0.25, 0.3) is 27.7 Å². The number of benzene rings is 3. The van der Waals surface area contributed by atoms with E-state index in [2.05, 4.69) is 17.2 Å². The summed E-state index contributed by atoms with van der Waals surface area (Å²) in [6.45, 7) is 9.46. The van der Waals surface area contributed by atoms with Crippen molar-refractivity contribution >= 4 is 33.8 Å². The molecule has 41 heavy (non-hydrogen) atoms. The van der Waals surface area contributed by atoms with Gasteiger partial charge in [0.05, 0.1) is 23.2 Å². The van der Waals surface area contributed by atoms with Gasteiger partial charge in [-0.3, -0.25) is 15.5 Å². The molecule has 2 atom stereocenters. The molecule has 8 nitrogen and oxygen atoms in total. The van der Waals surface area contributed by atoms with Crippen molar-refractivity contribution in [3.63, 3.8) is 0 Å². The molecule has 0 spiro atoms. The Kier molecular flexibility index (Phi) is 8.49. The van der Waals surface area contributed by atoms with Crippen molar-refractivity contribution in [3.05, 3.63) is 118 Å². The fraction of sp³-hybridized carbons (Fsp3) is 0.156. The molecule has 3 aromatic carbocycles. The summed E-state index contributed by atoms with van der Waals surface area (Å²) < 4.78 is 20.3. The fourth-order valence-electron chi connectivity index (χ4n) is 4.66. The van der Waals surface area contributed by atoms with Crippen LogP contribution in [0.3, 0.4) is 0 Å². The molecule has 8 N–H and O–H groups in total. The lowest BCUT2D eigenvalue weighted by Crippen LogP contribution is -2.39. The second-order valence-electron chi connectivity index (χ2n) is 9.83. The van der Waals surface area contributed by atoms with Crippen molar-refractivity contribution in [1.29, 1.82) is 10.8 Å². The first kappa shape index (κ1) is 29.0. The first-order chi connectivity index (χ1) is 19.5. The first-order valence-electron chi connectivity index (χ1n) is 13.0. The van der Waals surface area contributed by atoms with Crippen molar-refractivity contribution in [3.8, 4) is 11.1 Å². The van der Waals surface area contributed by atoms with E-state index < -0.39 is 11.9 Å². The topological polar surface area (TPSA) is 154 Å². The van der Waals surface area contributed by atoms with Gasteiger partial charge in [-0.2, -0.15) is 0 Å². The highest BCUT2D eigenvalue weighted by Crippen LogP contribution is 2.30. The number of amidine groups is 1. The molecule has 1 heterocycles. The Balaban J connectivity index is 1.61. The second-order valence-corrected chi connectivity index (χ2v) is 9.83. The third-order valence-corrected chi connectivity index (χ3v) is 6.73. The Morgan fingerprint density at radius 2 is 1.80 bits per heavy atom. The lowest BCUT2D eigenvalue weighted by molar-refractivity contribution is 0.390. The molecule has 210 valence electrons. The molecule has 0 radical (unpaired) electrons. The molecule has 0 saturated carbocycles. The van der Waals surface area contributed by atoms with Gasteiger partial charge in [-0.05, 0) is 67.8 Å². The van der Waals surface area contributed by atoms with E-state index in [-0.39, 0.29) is 23.0 Å². The number of hydrogen-bond acceptors (Lipinski definition) is 7. The van der Waals surface area contributed by atoms with Gasteiger partial charge in [0.15, 0.2) is 0 Å². The van der Waals surface area contributed by atoms with Gasteiger partial charge in [0.2, 0.25) is 5.43 Å². The minimum absolute atomic E-state index is 0.192. The molecule has 0 fully saturated rings. The van der Waals surface area contributed by atoms with Crippen LogP contribution in [-0.4, -0.2) is 17.7 Å². The number of fused-ring (bicyclic) bond motifs is 1. The third-order valence-electron chi connectivity index (χ3n) is 6.73. The molecular formula is C32H33FN6O2. The largest absolute Gasteiger partial charge is 0.458 e. The van der Waals surface area contributed by atoms with Gasteiger partial charge >= 0.3 is 0 Å². The molecule has 0 saturated heterocycles. The fourth-order valence-corrected chi connectivity index (χ4v) is 4.66. The monoisotopic (exact) mass is 552 g/mol. The van der Waals surface area contributed by atoms with E-state index in [9.17, 15) is 9.18 Å². The van der Waals surface area contributed by atoms with Gasteiger partial charge in [-0.15, -0.1) is 0 Å². The highest BCUT2D eigenvalue weighted by molar-refractivity contribution is 6.10. The molecule has 0 bridgehead atoms. The zero-order chi connectivity index (χ0) is 29.8. The van der Waals surface area contributed by atoms with Crippen LogP contribution < -0.4 is 27.5 Å². The second kappa shape index (κ2) is 12.0. The highest BCUT2D eigenvalue weighted by Gasteiger charge is 2.22. The molecule has 0 aliphatic rings. The first-order valence-corrected chi connectivity index (χ1v) is 13.0. The number of para-hydroxylation sites is 1. The van der Waals surface area contributed by atoms with Gasteiger partial charge < -0.3 is 26.6 Å². The summed E-state index contributed by atoms with van der Waals surface area (Å²) in [5.74, 6) is -0.282. The lowest BCUT2D eigenvalue weighted by atomic mass is 9.96. The number of halogens is 1. The third kappa shape index (κ3) is 6.26. The maximum Gasteiger partial charge on any atom is 0.200 e. The van der Waals surface area contributed by atoms with Crippen molar-refractivity contribution in [2.75, 3.05) is 5.73 Å². The predicted octanol–water partition coefficient (Wildman–Crippen LogP) is 5.69. The van der Waals surface area contributed by atoms with Crippen LogP contribution in [0.15, 0.2) is 94.3 Å². The standard InChI is InChI=1S/C32H33FN6O2/c1-17(21-12-13-24(18(2)34)27(35)15-21)26(32(36)37)16-38-20(4)39-19(3)31-29(22-8-7-9-23(33)14-22)30(40)25-10-5-6-11-28(25)41-31/h5-16,19-20,34,38-39H,1,35H2,2-4H3,(H3,36,37)/b26-16-,34-18?. The number of nitrogen functional groups attached to an aromatic ring is 1. The Morgan fingerprint density at radius 1 is 1.07 bits per heavy atom. The zero-order valence-corrected chi connectivity index (χ0v) is 23.1. The summed E-state index contributed by atoms with van der Waals surface area (Å²) in [5.41, 5.74) is 15.8. The van der Waals surface area contributed by atoms with Gasteiger partial charge in [-0.25, -0.2) is 4.39 Å². The van der Waals surface area contributed by atoms with Crippen molar-refractivity contribution in [2.45, 2.75) is 33.0 Å². The van der Waals surface area contributed by atoms with Crippen LogP contribution in [0, 0.1) is 16.6 Å². The summed E-state index contributed by atoms with van der Waals surface area (Å²) in [4.78, 5) is 13.5. The summed E-state index contributed by atoms with van der Waals surface area (Å²) >= 11 is 0. The summed E-state index contributed by atoms with van der Waals surface area (Å²) in [7, 11) is 0. The van der Waals surface area contributed by atoms with Crippen LogP contribution in [0.2, 0.25) is 0 Å². The lowest BCUT2D eigenvalue weighted by Gasteiger charge is -2.23. The maximum atomic E-state index is 14.1. The average molecular weight is 553 g/mol. The van der Waals surface area contributed by atoms with Crippen LogP contribution in [0.1, 0.15) is 43.7 Å². The normalized spacial score (nSPS) is 13.0. The van der Waals surface area contributed by atoms with E-state index in [0.717, 1.165) is 0 Å². The van der Waals surface area contributed by atoms with E-state index >= 15 is 0 Å². The minimum atomic E-state index is -0.470. The number of nitrogens with two attached hydrogens (primary N) is 2. The zero-order valence-electron chi connectivity index (χ0n) is 23.1. The number of nitrogens with one attached hydrogen (secondary N) is 4. The van der Waals surface area contributed by atoms with E-state index in [0.29, 0.717) is 56.0 Å². The van der Waals surface area contributed by atoms with Gasteiger partial charge in [0.1, 0.15) is 23.0 Å². The number of rotatable bonds is 10. The molecule has 0 aliphatic carbocycles. The molecule has 4 rings (SSSR count). The molecule has 2 unspecified atom stereocenters. The predicted molar refractivity (Wildman–Crippen MR) is 164 cm³/mol. The SMILES string of the molecule is C=C(/C(=C/NC(C)NC(C)c1oc2ccccc2c(=O)c1-c1cccc(F)c1)C(=N)N)c1ccc(C(C)=N)c(N)c1.